The number of rotatable bonds is 34. The van der Waals surface area contributed by atoms with Gasteiger partial charge in [0.15, 0.2) is 5.79 Å². The average Bonchev–Trinajstić information content (AvgIpc) is 3.65. The van der Waals surface area contributed by atoms with Gasteiger partial charge in [0.2, 0.25) is 0 Å². The van der Waals surface area contributed by atoms with E-state index in [9.17, 15) is 4.79 Å². The number of carbonyl (C=O) groups excluding carboxylic acids is 1. The van der Waals surface area contributed by atoms with Gasteiger partial charge in [0, 0.05) is 32.2 Å². The van der Waals surface area contributed by atoms with E-state index in [1.54, 1.807) is 0 Å². The maximum absolute atomic E-state index is 12.6. The van der Waals surface area contributed by atoms with Crippen molar-refractivity contribution in [2.24, 2.45) is 5.92 Å². The lowest BCUT2D eigenvalue weighted by Gasteiger charge is -2.30. The summed E-state index contributed by atoms with van der Waals surface area (Å²) in [6.07, 6.45) is 56.2. The number of Topliss-reactive ketones (excluding diaryl/α,β-unsaturated/α-hetero) is 1. The Hall–Kier alpha value is -1.75. The number of ether oxygens (including phenoxy) is 2. The molecule has 0 radical (unpaired) electrons. The SMILES string of the molecule is CC/C=C\C/C=C\C/C=C\CCCCCCCCC1(CCCCCCCC/C=C\C/C=C\CCCCC)O[C@H]2C[C@H](CC(=O)CCN(C)C)C[C@H]2O1. The predicted octanol–water partition coefficient (Wildman–Crippen LogP) is 14.0. The zero-order chi connectivity index (χ0) is 37.4. The van der Waals surface area contributed by atoms with Gasteiger partial charge >= 0.3 is 0 Å². The molecule has 4 nitrogen and oxygen atoms in total. The van der Waals surface area contributed by atoms with Crippen LogP contribution in [-0.4, -0.2) is 49.3 Å². The van der Waals surface area contributed by atoms with Crippen molar-refractivity contribution in [2.45, 2.75) is 212 Å². The second-order valence-electron chi connectivity index (χ2n) is 16.1. The van der Waals surface area contributed by atoms with E-state index in [2.05, 4.69) is 79.5 Å². The fourth-order valence-corrected chi connectivity index (χ4v) is 7.76. The normalized spacial score (nSPS) is 22.2. The molecule has 2 fully saturated rings. The fraction of sp³-hybridized carbons (Fsp3) is 0.771. The van der Waals surface area contributed by atoms with Crippen LogP contribution >= 0.6 is 0 Å². The van der Waals surface area contributed by atoms with Crippen molar-refractivity contribution in [3.8, 4) is 0 Å². The van der Waals surface area contributed by atoms with Gasteiger partial charge in [-0.1, -0.05) is 139 Å². The Morgan fingerprint density at radius 1 is 0.577 bits per heavy atom. The minimum absolute atomic E-state index is 0.178. The lowest BCUT2D eigenvalue weighted by molar-refractivity contribution is -0.193. The summed E-state index contributed by atoms with van der Waals surface area (Å²) in [4.78, 5) is 14.7. The Balaban J connectivity index is 1.64. The number of carbonyl (C=O) groups is 1. The van der Waals surface area contributed by atoms with Crippen LogP contribution in [0.3, 0.4) is 0 Å². The first kappa shape index (κ1) is 46.4. The molecule has 1 aliphatic heterocycles. The molecular formula is C48H83NO3. The maximum atomic E-state index is 12.6. The third-order valence-electron chi connectivity index (χ3n) is 10.8. The molecule has 2 aliphatic rings. The molecular weight excluding hydrogens is 639 g/mol. The number of nitrogens with zero attached hydrogens (tertiary/aromatic N) is 1. The Bertz CT molecular complexity index is 993. The van der Waals surface area contributed by atoms with Crippen molar-refractivity contribution in [3.63, 3.8) is 0 Å². The summed E-state index contributed by atoms with van der Waals surface area (Å²) < 4.78 is 13.7. The molecule has 0 aromatic rings. The highest BCUT2D eigenvalue weighted by Gasteiger charge is 2.51. The van der Waals surface area contributed by atoms with Gasteiger partial charge < -0.3 is 14.4 Å². The van der Waals surface area contributed by atoms with Crippen LogP contribution in [0.2, 0.25) is 0 Å². The van der Waals surface area contributed by atoms with E-state index >= 15 is 0 Å². The van der Waals surface area contributed by atoms with Crippen LogP contribution in [0.15, 0.2) is 60.8 Å². The van der Waals surface area contributed by atoms with Crippen LogP contribution in [0.1, 0.15) is 194 Å². The van der Waals surface area contributed by atoms with E-state index in [1.165, 1.54) is 116 Å². The van der Waals surface area contributed by atoms with Crippen molar-refractivity contribution < 1.29 is 14.3 Å². The molecule has 4 heteroatoms. The number of ketones is 1. The molecule has 298 valence electrons. The molecule has 1 saturated carbocycles. The Morgan fingerprint density at radius 3 is 1.46 bits per heavy atom. The highest BCUT2D eigenvalue weighted by molar-refractivity contribution is 5.78. The molecule has 2 rings (SSSR count). The second-order valence-corrected chi connectivity index (χ2v) is 16.1. The fourth-order valence-electron chi connectivity index (χ4n) is 7.76. The summed E-state index contributed by atoms with van der Waals surface area (Å²) in [5, 5.41) is 0. The van der Waals surface area contributed by atoms with Gasteiger partial charge in [0.05, 0.1) is 12.2 Å². The number of hydrogen-bond donors (Lipinski definition) is 0. The Labute approximate surface area is 323 Å². The van der Waals surface area contributed by atoms with Crippen molar-refractivity contribution >= 4 is 5.78 Å². The van der Waals surface area contributed by atoms with Gasteiger partial charge in [0.1, 0.15) is 5.78 Å². The average molecular weight is 722 g/mol. The van der Waals surface area contributed by atoms with Gasteiger partial charge in [-0.25, -0.2) is 0 Å². The summed E-state index contributed by atoms with van der Waals surface area (Å²) in [7, 11) is 4.08. The van der Waals surface area contributed by atoms with Crippen molar-refractivity contribution in [1.82, 2.24) is 4.90 Å². The van der Waals surface area contributed by atoms with Gasteiger partial charge in [-0.3, -0.25) is 4.79 Å². The van der Waals surface area contributed by atoms with Gasteiger partial charge in [-0.15, -0.1) is 0 Å². The first-order chi connectivity index (χ1) is 25.5. The molecule has 0 aromatic carbocycles. The molecule has 0 spiro atoms. The van der Waals surface area contributed by atoms with Gasteiger partial charge in [-0.05, 0) is 110 Å². The first-order valence-electron chi connectivity index (χ1n) is 22.2. The standard InChI is InChI=1S/C48H83NO3/c1-5-7-9-11-13-15-17-19-21-23-25-27-29-31-33-35-38-48(51-46-42-44(43-47(46)52-48)41-45(50)37-40-49(3)4)39-36-34-32-30-28-26-24-22-20-18-16-14-12-10-8-6-2/h7,9,13-16,19-22,44,46-47H,5-6,8,10-12,17-18,23-43H2,1-4H3/b9-7-,15-13-,16-14-,21-19-,22-20-/t44-,46-,47+,48?. The highest BCUT2D eigenvalue weighted by atomic mass is 16.8. The first-order valence-corrected chi connectivity index (χ1v) is 22.2. The molecule has 1 unspecified atom stereocenters. The summed E-state index contributed by atoms with van der Waals surface area (Å²) in [6, 6.07) is 0. The van der Waals surface area contributed by atoms with E-state index in [-0.39, 0.29) is 12.2 Å². The van der Waals surface area contributed by atoms with Gasteiger partial charge in [-0.2, -0.15) is 0 Å². The quantitative estimate of drug-likeness (QED) is 0.0490. The smallest absolute Gasteiger partial charge is 0.169 e. The Kier molecular flexibility index (Phi) is 28.2. The van der Waals surface area contributed by atoms with E-state index < -0.39 is 5.79 Å². The number of allylic oxidation sites excluding steroid dienone is 10. The third-order valence-corrected chi connectivity index (χ3v) is 10.8. The lowest BCUT2D eigenvalue weighted by Crippen LogP contribution is -2.32. The largest absolute Gasteiger partial charge is 0.344 e. The monoisotopic (exact) mass is 722 g/mol. The van der Waals surface area contributed by atoms with E-state index in [1.807, 2.05) is 14.1 Å². The van der Waals surface area contributed by atoms with E-state index in [0.29, 0.717) is 24.5 Å². The van der Waals surface area contributed by atoms with Crippen LogP contribution < -0.4 is 0 Å². The van der Waals surface area contributed by atoms with Crippen LogP contribution in [-0.2, 0) is 14.3 Å². The molecule has 4 atom stereocenters. The van der Waals surface area contributed by atoms with Crippen LogP contribution in [0, 0.1) is 5.92 Å². The molecule has 0 N–H and O–H groups in total. The summed E-state index contributed by atoms with van der Waals surface area (Å²) >= 11 is 0. The van der Waals surface area contributed by atoms with Crippen LogP contribution in [0.4, 0.5) is 0 Å². The van der Waals surface area contributed by atoms with E-state index in [4.69, 9.17) is 9.47 Å². The minimum atomic E-state index is -0.393. The number of fused-ring (bicyclic) bond motifs is 1. The molecule has 0 bridgehead atoms. The molecule has 0 amide bonds. The topological polar surface area (TPSA) is 38.8 Å². The Morgan fingerprint density at radius 2 is 1.00 bits per heavy atom. The van der Waals surface area contributed by atoms with Crippen molar-refractivity contribution in [1.29, 1.82) is 0 Å². The van der Waals surface area contributed by atoms with Crippen molar-refractivity contribution in [3.05, 3.63) is 60.8 Å². The van der Waals surface area contributed by atoms with Crippen LogP contribution in [0.25, 0.3) is 0 Å². The van der Waals surface area contributed by atoms with Crippen LogP contribution in [0.5, 0.6) is 0 Å². The molecule has 1 aliphatic carbocycles. The molecule has 1 saturated heterocycles. The third kappa shape index (κ3) is 23.8. The number of unbranched alkanes of at least 4 members (excludes halogenated alkanes) is 15. The highest BCUT2D eigenvalue weighted by Crippen LogP contribution is 2.46. The molecule has 0 aromatic heterocycles. The zero-order valence-corrected chi connectivity index (χ0v) is 34.7. The second kappa shape index (κ2) is 31.6. The lowest BCUT2D eigenvalue weighted by atomic mass is 9.97. The maximum Gasteiger partial charge on any atom is 0.169 e. The zero-order valence-electron chi connectivity index (χ0n) is 34.7. The van der Waals surface area contributed by atoms with Gasteiger partial charge in [0.25, 0.3) is 0 Å². The molecule has 52 heavy (non-hydrogen) atoms. The summed E-state index contributed by atoms with van der Waals surface area (Å²) in [5.74, 6) is 0.421. The van der Waals surface area contributed by atoms with Crippen molar-refractivity contribution in [2.75, 3.05) is 20.6 Å². The van der Waals surface area contributed by atoms with E-state index in [0.717, 1.165) is 57.9 Å². The number of hydrogen-bond acceptors (Lipinski definition) is 4. The minimum Gasteiger partial charge on any atom is -0.344 e. The summed E-state index contributed by atoms with van der Waals surface area (Å²) in [6.45, 7) is 5.29. The predicted molar refractivity (Wildman–Crippen MR) is 226 cm³/mol. The molecule has 1 heterocycles. The summed E-state index contributed by atoms with van der Waals surface area (Å²) in [5.41, 5.74) is 0.